The van der Waals surface area contributed by atoms with Gasteiger partial charge >= 0.3 is 0 Å². The van der Waals surface area contributed by atoms with Crippen molar-refractivity contribution in [2.45, 2.75) is 25.7 Å². The lowest BCUT2D eigenvalue weighted by atomic mass is 9.99. The zero-order chi connectivity index (χ0) is 13.9. The molecule has 0 N–H and O–H groups in total. The van der Waals surface area contributed by atoms with Gasteiger partial charge in [0.2, 0.25) is 0 Å². The molecule has 1 saturated heterocycles. The maximum absolute atomic E-state index is 12.5. The third kappa shape index (κ3) is 3.07. The fraction of sp³-hybridized carbons (Fsp3) is 0.562. The maximum atomic E-state index is 12.5. The van der Waals surface area contributed by atoms with E-state index in [9.17, 15) is 4.79 Å². The minimum absolute atomic E-state index is 0.204. The van der Waals surface area contributed by atoms with Crippen LogP contribution in [0.1, 0.15) is 35.2 Å². The predicted octanol–water partition coefficient (Wildman–Crippen LogP) is 2.93. The molecule has 3 rings (SSSR count). The fourth-order valence-electron chi connectivity index (χ4n) is 3.16. The van der Waals surface area contributed by atoms with E-state index >= 15 is 0 Å². The van der Waals surface area contributed by atoms with Crippen molar-refractivity contribution >= 4 is 21.8 Å². The standard InChI is InChI=1S/C16H21BrN2O/c17-14-4-5-15-13(12-14)6-9-19(16(15)20)11-10-18-7-2-1-3-8-18/h4-5,12H,1-3,6-11H2. The van der Waals surface area contributed by atoms with Crippen LogP contribution in [0.2, 0.25) is 0 Å². The molecule has 3 nitrogen and oxygen atoms in total. The molecule has 20 heavy (non-hydrogen) atoms. The summed E-state index contributed by atoms with van der Waals surface area (Å²) in [5.41, 5.74) is 2.07. The molecule has 1 fully saturated rings. The van der Waals surface area contributed by atoms with Crippen LogP contribution in [-0.2, 0) is 6.42 Å². The zero-order valence-corrected chi connectivity index (χ0v) is 13.4. The minimum atomic E-state index is 0.204. The summed E-state index contributed by atoms with van der Waals surface area (Å²) in [6.07, 6.45) is 4.96. The molecule has 1 aromatic carbocycles. The van der Waals surface area contributed by atoms with E-state index in [0.717, 1.165) is 36.1 Å². The highest BCUT2D eigenvalue weighted by atomic mass is 79.9. The zero-order valence-electron chi connectivity index (χ0n) is 11.8. The van der Waals surface area contributed by atoms with Crippen molar-refractivity contribution < 1.29 is 4.79 Å². The molecular formula is C16H21BrN2O. The number of piperidine rings is 1. The van der Waals surface area contributed by atoms with Gasteiger partial charge < -0.3 is 9.80 Å². The van der Waals surface area contributed by atoms with Crippen molar-refractivity contribution in [1.29, 1.82) is 0 Å². The van der Waals surface area contributed by atoms with Gasteiger partial charge in [0, 0.05) is 29.7 Å². The molecule has 0 atom stereocenters. The largest absolute Gasteiger partial charge is 0.337 e. The number of carbonyl (C=O) groups excluding carboxylic acids is 1. The Labute approximate surface area is 129 Å². The topological polar surface area (TPSA) is 23.6 Å². The van der Waals surface area contributed by atoms with Gasteiger partial charge in [-0.15, -0.1) is 0 Å². The van der Waals surface area contributed by atoms with Gasteiger partial charge in [0.15, 0.2) is 0 Å². The Morgan fingerprint density at radius 2 is 1.85 bits per heavy atom. The van der Waals surface area contributed by atoms with Gasteiger partial charge in [-0.05, 0) is 56.1 Å². The molecule has 108 valence electrons. The predicted molar refractivity (Wildman–Crippen MR) is 84.0 cm³/mol. The Morgan fingerprint density at radius 1 is 1.05 bits per heavy atom. The third-order valence-electron chi connectivity index (χ3n) is 4.37. The van der Waals surface area contributed by atoms with Crippen LogP contribution < -0.4 is 0 Å². The van der Waals surface area contributed by atoms with Gasteiger partial charge in [0.1, 0.15) is 0 Å². The van der Waals surface area contributed by atoms with Gasteiger partial charge in [-0.1, -0.05) is 22.4 Å². The molecule has 0 saturated carbocycles. The lowest BCUT2D eigenvalue weighted by Gasteiger charge is -2.32. The number of carbonyl (C=O) groups is 1. The average Bonchev–Trinajstić information content (AvgIpc) is 2.47. The van der Waals surface area contributed by atoms with Crippen LogP contribution in [0, 0.1) is 0 Å². The molecule has 2 aliphatic rings. The lowest BCUT2D eigenvalue weighted by molar-refractivity contribution is 0.0713. The summed E-state index contributed by atoms with van der Waals surface area (Å²) < 4.78 is 1.06. The van der Waals surface area contributed by atoms with E-state index in [1.165, 1.54) is 37.9 Å². The Bertz CT molecular complexity index is 497. The molecule has 0 bridgehead atoms. The van der Waals surface area contributed by atoms with Crippen molar-refractivity contribution in [2.24, 2.45) is 0 Å². The summed E-state index contributed by atoms with van der Waals surface area (Å²) in [6, 6.07) is 5.99. The van der Waals surface area contributed by atoms with E-state index in [4.69, 9.17) is 0 Å². The number of benzene rings is 1. The summed E-state index contributed by atoms with van der Waals surface area (Å²) in [5.74, 6) is 0.204. The van der Waals surface area contributed by atoms with E-state index in [0.29, 0.717) is 0 Å². The summed E-state index contributed by atoms with van der Waals surface area (Å²) in [6.45, 7) is 5.15. The Morgan fingerprint density at radius 3 is 2.65 bits per heavy atom. The van der Waals surface area contributed by atoms with E-state index in [1.807, 2.05) is 17.0 Å². The highest BCUT2D eigenvalue weighted by molar-refractivity contribution is 9.10. The molecule has 2 heterocycles. The molecule has 0 radical (unpaired) electrons. The number of hydrogen-bond donors (Lipinski definition) is 0. The highest BCUT2D eigenvalue weighted by Crippen LogP contribution is 2.23. The molecule has 1 aromatic rings. The first-order valence-corrected chi connectivity index (χ1v) is 8.33. The summed E-state index contributed by atoms with van der Waals surface area (Å²) in [7, 11) is 0. The van der Waals surface area contributed by atoms with Crippen LogP contribution in [0.25, 0.3) is 0 Å². The second-order valence-electron chi connectivity index (χ2n) is 5.75. The SMILES string of the molecule is O=C1c2ccc(Br)cc2CCN1CCN1CCCCC1. The summed E-state index contributed by atoms with van der Waals surface area (Å²) in [4.78, 5) is 17.0. The van der Waals surface area contributed by atoms with Gasteiger partial charge in [0.25, 0.3) is 5.91 Å². The monoisotopic (exact) mass is 336 g/mol. The van der Waals surface area contributed by atoms with Crippen LogP contribution in [0.5, 0.6) is 0 Å². The number of rotatable bonds is 3. The number of nitrogens with zero attached hydrogens (tertiary/aromatic N) is 2. The van der Waals surface area contributed by atoms with Crippen LogP contribution in [-0.4, -0.2) is 48.4 Å². The van der Waals surface area contributed by atoms with Crippen molar-refractivity contribution in [3.63, 3.8) is 0 Å². The van der Waals surface area contributed by atoms with Crippen molar-refractivity contribution in [3.8, 4) is 0 Å². The van der Waals surface area contributed by atoms with Gasteiger partial charge in [-0.2, -0.15) is 0 Å². The third-order valence-corrected chi connectivity index (χ3v) is 4.86. The molecule has 0 aliphatic carbocycles. The van der Waals surface area contributed by atoms with E-state index in [2.05, 4.69) is 26.9 Å². The Hall–Kier alpha value is -0.870. The Kier molecular flexibility index (Phi) is 4.41. The molecule has 0 unspecified atom stereocenters. The molecule has 0 spiro atoms. The molecule has 1 amide bonds. The molecule has 0 aromatic heterocycles. The first-order valence-electron chi connectivity index (χ1n) is 7.54. The lowest BCUT2D eigenvalue weighted by Crippen LogP contribution is -2.43. The molecule has 4 heteroatoms. The van der Waals surface area contributed by atoms with E-state index < -0.39 is 0 Å². The van der Waals surface area contributed by atoms with Crippen molar-refractivity contribution in [1.82, 2.24) is 9.80 Å². The van der Waals surface area contributed by atoms with Crippen molar-refractivity contribution in [3.05, 3.63) is 33.8 Å². The summed E-state index contributed by atoms with van der Waals surface area (Å²) >= 11 is 3.48. The van der Waals surface area contributed by atoms with Crippen LogP contribution in [0.15, 0.2) is 22.7 Å². The smallest absolute Gasteiger partial charge is 0.254 e. The van der Waals surface area contributed by atoms with Crippen LogP contribution in [0.3, 0.4) is 0 Å². The normalized spacial score (nSPS) is 20.1. The minimum Gasteiger partial charge on any atom is -0.337 e. The first-order chi connectivity index (χ1) is 9.74. The number of amides is 1. The second kappa shape index (κ2) is 6.27. The maximum Gasteiger partial charge on any atom is 0.254 e. The molecular weight excluding hydrogens is 316 g/mol. The molecule has 2 aliphatic heterocycles. The fourth-order valence-corrected chi connectivity index (χ4v) is 3.57. The quantitative estimate of drug-likeness (QED) is 0.847. The van der Waals surface area contributed by atoms with E-state index in [-0.39, 0.29) is 5.91 Å². The number of likely N-dealkylation sites (tertiary alicyclic amines) is 1. The Balaban J connectivity index is 1.61. The van der Waals surface area contributed by atoms with E-state index in [1.54, 1.807) is 0 Å². The van der Waals surface area contributed by atoms with Gasteiger partial charge in [0.05, 0.1) is 0 Å². The van der Waals surface area contributed by atoms with Crippen LogP contribution >= 0.6 is 15.9 Å². The average molecular weight is 337 g/mol. The van der Waals surface area contributed by atoms with Crippen molar-refractivity contribution in [2.75, 3.05) is 32.7 Å². The number of fused-ring (bicyclic) bond motifs is 1. The van der Waals surface area contributed by atoms with Crippen LogP contribution in [0.4, 0.5) is 0 Å². The summed E-state index contributed by atoms with van der Waals surface area (Å²) in [5, 5.41) is 0. The number of halogens is 1. The number of hydrogen-bond acceptors (Lipinski definition) is 2. The first kappa shape index (κ1) is 14.1. The van der Waals surface area contributed by atoms with Gasteiger partial charge in [-0.3, -0.25) is 4.79 Å². The second-order valence-corrected chi connectivity index (χ2v) is 6.66. The van der Waals surface area contributed by atoms with Gasteiger partial charge in [-0.25, -0.2) is 0 Å². The highest BCUT2D eigenvalue weighted by Gasteiger charge is 2.24.